The van der Waals surface area contributed by atoms with Crippen LogP contribution in [0.5, 0.6) is 0 Å². The zero-order chi connectivity index (χ0) is 8.81. The highest BCUT2D eigenvalue weighted by molar-refractivity contribution is 5.64. The maximum atomic E-state index is 10.1. The van der Waals surface area contributed by atoms with E-state index in [0.29, 0.717) is 12.6 Å². The van der Waals surface area contributed by atoms with Crippen molar-refractivity contribution in [2.45, 2.75) is 44.6 Å². The summed E-state index contributed by atoms with van der Waals surface area (Å²) in [7, 11) is 0. The molecule has 3 nitrogen and oxygen atoms in total. The fourth-order valence-corrected chi connectivity index (χ4v) is 1.69. The molecular weight excluding hydrogens is 154 g/mol. The third kappa shape index (κ3) is 3.72. The van der Waals surface area contributed by atoms with Crippen molar-refractivity contribution in [1.82, 2.24) is 5.32 Å². The van der Waals surface area contributed by atoms with E-state index in [1.165, 1.54) is 32.1 Å². The van der Waals surface area contributed by atoms with Crippen LogP contribution in [-0.4, -0.2) is 18.6 Å². The monoisotopic (exact) mass is 170 g/mol. The Morgan fingerprint density at radius 1 is 1.33 bits per heavy atom. The Kier molecular flexibility index (Phi) is 4.08. The number of nitrogens with one attached hydrogen (secondary N) is 1. The van der Waals surface area contributed by atoms with Gasteiger partial charge in [-0.25, -0.2) is 0 Å². The number of carbonyl (C=O) groups is 1. The highest BCUT2D eigenvalue weighted by atomic mass is 16.4. The molecule has 1 saturated carbocycles. The first-order chi connectivity index (χ1) is 5.79. The molecule has 1 N–H and O–H groups in total. The fourth-order valence-electron chi connectivity index (χ4n) is 1.69. The molecule has 0 radical (unpaired) electrons. The zero-order valence-corrected chi connectivity index (χ0v) is 7.34. The SMILES string of the molecule is O=C([O-])CCNC1CCCCC1. The molecule has 0 heterocycles. The maximum Gasteiger partial charge on any atom is 0.0426 e. The van der Waals surface area contributed by atoms with Gasteiger partial charge in [-0.1, -0.05) is 19.3 Å². The van der Waals surface area contributed by atoms with Gasteiger partial charge in [-0.05, 0) is 19.3 Å². The Balaban J connectivity index is 2.01. The summed E-state index contributed by atoms with van der Waals surface area (Å²) in [4.78, 5) is 10.1. The summed E-state index contributed by atoms with van der Waals surface area (Å²) < 4.78 is 0. The summed E-state index contributed by atoms with van der Waals surface area (Å²) in [5.74, 6) is -0.960. The molecule has 0 aromatic heterocycles. The summed E-state index contributed by atoms with van der Waals surface area (Å²) in [5, 5.41) is 13.3. The quantitative estimate of drug-likeness (QED) is 0.648. The molecule has 3 heteroatoms. The first kappa shape index (κ1) is 9.52. The molecule has 0 aromatic carbocycles. The van der Waals surface area contributed by atoms with E-state index < -0.39 is 5.97 Å². The molecule has 0 spiro atoms. The molecule has 0 atom stereocenters. The second-order valence-corrected chi connectivity index (χ2v) is 3.41. The van der Waals surface area contributed by atoms with E-state index in [4.69, 9.17) is 0 Å². The van der Waals surface area contributed by atoms with Crippen LogP contribution in [0.1, 0.15) is 38.5 Å². The van der Waals surface area contributed by atoms with Gasteiger partial charge >= 0.3 is 0 Å². The molecule has 0 aromatic rings. The third-order valence-electron chi connectivity index (χ3n) is 2.37. The maximum absolute atomic E-state index is 10.1. The van der Waals surface area contributed by atoms with Gasteiger partial charge in [-0.15, -0.1) is 0 Å². The molecule has 0 saturated heterocycles. The van der Waals surface area contributed by atoms with Gasteiger partial charge in [0.15, 0.2) is 0 Å². The van der Waals surface area contributed by atoms with Crippen molar-refractivity contribution in [3.63, 3.8) is 0 Å². The summed E-state index contributed by atoms with van der Waals surface area (Å²) >= 11 is 0. The molecule has 0 unspecified atom stereocenters. The predicted molar refractivity (Wildman–Crippen MR) is 44.5 cm³/mol. The number of aliphatic carboxylic acids is 1. The Morgan fingerprint density at radius 3 is 2.58 bits per heavy atom. The molecule has 0 bridgehead atoms. The van der Waals surface area contributed by atoms with E-state index in [0.717, 1.165) is 0 Å². The zero-order valence-electron chi connectivity index (χ0n) is 7.34. The lowest BCUT2D eigenvalue weighted by Crippen LogP contribution is -2.35. The van der Waals surface area contributed by atoms with Crippen LogP contribution >= 0.6 is 0 Å². The standard InChI is InChI=1S/C9H17NO2/c11-9(12)6-7-10-8-4-2-1-3-5-8/h8,10H,1-7H2,(H,11,12)/p-1. The average Bonchev–Trinajstić information content (AvgIpc) is 2.05. The van der Waals surface area contributed by atoms with Crippen molar-refractivity contribution in [1.29, 1.82) is 0 Å². The number of carboxylic acids is 1. The van der Waals surface area contributed by atoms with Gasteiger partial charge in [0.25, 0.3) is 0 Å². The molecule has 0 aliphatic heterocycles. The second-order valence-electron chi connectivity index (χ2n) is 3.41. The predicted octanol–water partition coefficient (Wildman–Crippen LogP) is 0.0487. The highest BCUT2D eigenvalue weighted by Crippen LogP contribution is 2.16. The number of rotatable bonds is 4. The summed E-state index contributed by atoms with van der Waals surface area (Å²) in [6.45, 7) is 0.562. The summed E-state index contributed by atoms with van der Waals surface area (Å²) in [6.07, 6.45) is 6.43. The molecule has 1 fully saturated rings. The Morgan fingerprint density at radius 2 is 2.00 bits per heavy atom. The second kappa shape index (κ2) is 5.14. The molecule has 1 aliphatic rings. The Bertz CT molecular complexity index is 141. The molecule has 0 amide bonds. The van der Waals surface area contributed by atoms with E-state index in [1.807, 2.05) is 0 Å². The lowest BCUT2D eigenvalue weighted by molar-refractivity contribution is -0.305. The van der Waals surface area contributed by atoms with E-state index in [2.05, 4.69) is 5.32 Å². The van der Waals surface area contributed by atoms with Gasteiger partial charge in [0.2, 0.25) is 0 Å². The van der Waals surface area contributed by atoms with Crippen LogP contribution in [-0.2, 0) is 4.79 Å². The van der Waals surface area contributed by atoms with Crippen molar-refractivity contribution in [2.75, 3.05) is 6.54 Å². The molecule has 70 valence electrons. The van der Waals surface area contributed by atoms with E-state index >= 15 is 0 Å². The van der Waals surface area contributed by atoms with Gasteiger partial charge in [-0.2, -0.15) is 0 Å². The number of carbonyl (C=O) groups excluding carboxylic acids is 1. The first-order valence-electron chi connectivity index (χ1n) is 4.72. The smallest absolute Gasteiger partial charge is 0.0426 e. The van der Waals surface area contributed by atoms with E-state index in [-0.39, 0.29) is 6.42 Å². The van der Waals surface area contributed by atoms with Crippen molar-refractivity contribution < 1.29 is 9.90 Å². The lowest BCUT2D eigenvalue weighted by Gasteiger charge is -2.22. The summed E-state index contributed by atoms with van der Waals surface area (Å²) in [5.41, 5.74) is 0. The van der Waals surface area contributed by atoms with Crippen LogP contribution in [0.2, 0.25) is 0 Å². The molecule has 1 rings (SSSR count). The summed E-state index contributed by atoms with van der Waals surface area (Å²) in [6, 6.07) is 0.554. The van der Waals surface area contributed by atoms with Gasteiger partial charge in [0.1, 0.15) is 0 Å². The van der Waals surface area contributed by atoms with Crippen molar-refractivity contribution >= 4 is 5.97 Å². The minimum Gasteiger partial charge on any atom is -0.550 e. The van der Waals surface area contributed by atoms with Gasteiger partial charge in [-0.3, -0.25) is 0 Å². The van der Waals surface area contributed by atoms with Crippen molar-refractivity contribution in [2.24, 2.45) is 0 Å². The minimum absolute atomic E-state index is 0.135. The first-order valence-corrected chi connectivity index (χ1v) is 4.72. The van der Waals surface area contributed by atoms with Crippen LogP contribution in [0.3, 0.4) is 0 Å². The minimum atomic E-state index is -0.960. The van der Waals surface area contributed by atoms with Gasteiger partial charge in [0.05, 0.1) is 0 Å². The van der Waals surface area contributed by atoms with Crippen LogP contribution in [0.4, 0.5) is 0 Å². The topological polar surface area (TPSA) is 52.2 Å². The molecule has 12 heavy (non-hydrogen) atoms. The van der Waals surface area contributed by atoms with Crippen LogP contribution in [0.25, 0.3) is 0 Å². The van der Waals surface area contributed by atoms with Crippen molar-refractivity contribution in [3.8, 4) is 0 Å². The average molecular weight is 170 g/mol. The largest absolute Gasteiger partial charge is 0.550 e. The van der Waals surface area contributed by atoms with E-state index in [1.54, 1.807) is 0 Å². The van der Waals surface area contributed by atoms with Crippen LogP contribution in [0.15, 0.2) is 0 Å². The van der Waals surface area contributed by atoms with Gasteiger partial charge < -0.3 is 15.2 Å². The Labute approximate surface area is 73.2 Å². The number of hydrogen-bond donors (Lipinski definition) is 1. The normalized spacial score (nSPS) is 19.3. The van der Waals surface area contributed by atoms with Crippen molar-refractivity contribution in [3.05, 3.63) is 0 Å². The number of carboxylic acid groups (broad SMARTS) is 1. The van der Waals surface area contributed by atoms with Crippen LogP contribution < -0.4 is 10.4 Å². The molecule has 1 aliphatic carbocycles. The van der Waals surface area contributed by atoms with E-state index in [9.17, 15) is 9.90 Å². The number of hydrogen-bond acceptors (Lipinski definition) is 3. The lowest BCUT2D eigenvalue weighted by atomic mass is 9.95. The Hall–Kier alpha value is -0.570. The fraction of sp³-hybridized carbons (Fsp3) is 0.889. The van der Waals surface area contributed by atoms with Crippen LogP contribution in [0, 0.1) is 0 Å². The third-order valence-corrected chi connectivity index (χ3v) is 2.37. The van der Waals surface area contributed by atoms with Gasteiger partial charge in [0, 0.05) is 18.6 Å². The molecular formula is C9H16NO2-. The highest BCUT2D eigenvalue weighted by Gasteiger charge is 2.11.